The third-order valence-corrected chi connectivity index (χ3v) is 4.89. The van der Waals surface area contributed by atoms with Gasteiger partial charge in [0.15, 0.2) is 5.65 Å². The summed E-state index contributed by atoms with van der Waals surface area (Å²) in [6, 6.07) is 11.6. The Balaban J connectivity index is 1.48. The Morgan fingerprint density at radius 2 is 2.00 bits per heavy atom. The van der Waals surface area contributed by atoms with Crippen molar-refractivity contribution in [3.05, 3.63) is 77.5 Å². The molecule has 0 saturated carbocycles. The highest BCUT2D eigenvalue weighted by atomic mass is 16.1. The van der Waals surface area contributed by atoms with Gasteiger partial charge in [-0.3, -0.25) is 9.78 Å². The van der Waals surface area contributed by atoms with Crippen LogP contribution in [0.4, 0.5) is 11.4 Å². The van der Waals surface area contributed by atoms with E-state index in [1.165, 1.54) is 0 Å². The van der Waals surface area contributed by atoms with Crippen molar-refractivity contribution in [2.75, 3.05) is 10.6 Å². The van der Waals surface area contributed by atoms with Gasteiger partial charge in [-0.05, 0) is 49.2 Å². The number of carbonyl (C=O) groups is 1. The summed E-state index contributed by atoms with van der Waals surface area (Å²) in [4.78, 5) is 28.8. The van der Waals surface area contributed by atoms with Crippen molar-refractivity contribution in [1.29, 1.82) is 0 Å². The number of hydrogen-bond donors (Lipinski definition) is 3. The van der Waals surface area contributed by atoms with Crippen molar-refractivity contribution in [2.24, 2.45) is 0 Å². The summed E-state index contributed by atoms with van der Waals surface area (Å²) in [6.45, 7) is 6.04. The average molecular weight is 400 g/mol. The number of anilines is 2. The lowest BCUT2D eigenvalue weighted by Crippen LogP contribution is -2.13. The Labute approximate surface area is 175 Å². The van der Waals surface area contributed by atoms with Crippen LogP contribution in [-0.2, 0) is 6.42 Å². The van der Waals surface area contributed by atoms with Crippen molar-refractivity contribution in [1.82, 2.24) is 19.9 Å². The molecule has 1 aromatic carbocycles. The van der Waals surface area contributed by atoms with Gasteiger partial charge in [-0.25, -0.2) is 9.97 Å². The van der Waals surface area contributed by atoms with Gasteiger partial charge in [0.05, 0.1) is 17.4 Å². The molecule has 1 amide bonds. The second-order valence-corrected chi connectivity index (χ2v) is 7.33. The first-order chi connectivity index (χ1) is 14.5. The Bertz CT molecular complexity index is 1200. The molecule has 0 aliphatic carbocycles. The van der Waals surface area contributed by atoms with Gasteiger partial charge in [0.25, 0.3) is 5.91 Å². The summed E-state index contributed by atoms with van der Waals surface area (Å²) < 4.78 is 0. The number of nitrogens with one attached hydrogen (secondary N) is 3. The first kappa shape index (κ1) is 19.6. The fraction of sp³-hybridized carbons (Fsp3) is 0.217. The number of rotatable bonds is 6. The van der Waals surface area contributed by atoms with Gasteiger partial charge in [0.2, 0.25) is 0 Å². The first-order valence-corrected chi connectivity index (χ1v) is 9.96. The number of nitrogens with zero attached hydrogens (tertiary/aromatic N) is 3. The van der Waals surface area contributed by atoms with Crippen molar-refractivity contribution in [3.63, 3.8) is 0 Å². The molecule has 4 aromatic rings. The fourth-order valence-electron chi connectivity index (χ4n) is 3.29. The Morgan fingerprint density at radius 3 is 2.80 bits per heavy atom. The minimum atomic E-state index is -0.177. The first-order valence-electron chi connectivity index (χ1n) is 9.96. The third-order valence-electron chi connectivity index (χ3n) is 4.89. The van der Waals surface area contributed by atoms with E-state index in [1.807, 2.05) is 43.3 Å². The van der Waals surface area contributed by atoms with E-state index < -0.39 is 0 Å². The van der Waals surface area contributed by atoms with Crippen molar-refractivity contribution < 1.29 is 4.79 Å². The number of pyridine rings is 2. The zero-order valence-corrected chi connectivity index (χ0v) is 17.2. The van der Waals surface area contributed by atoms with Crippen molar-refractivity contribution >= 4 is 28.4 Å². The summed E-state index contributed by atoms with van der Waals surface area (Å²) >= 11 is 0. The lowest BCUT2D eigenvalue weighted by molar-refractivity contribution is 0.102. The van der Waals surface area contributed by atoms with Crippen LogP contribution in [0.5, 0.6) is 0 Å². The van der Waals surface area contributed by atoms with Crippen LogP contribution < -0.4 is 10.6 Å². The molecule has 3 heterocycles. The quantitative estimate of drug-likeness (QED) is 0.438. The van der Waals surface area contributed by atoms with Gasteiger partial charge in [-0.15, -0.1) is 0 Å². The summed E-state index contributed by atoms with van der Waals surface area (Å²) in [5.74, 6) is 0.749. The number of aromatic nitrogens is 4. The number of H-pyrrole nitrogens is 1. The number of hydrogen-bond acceptors (Lipinski definition) is 5. The largest absolute Gasteiger partial charge is 0.377 e. The highest BCUT2D eigenvalue weighted by Gasteiger charge is 2.11. The average Bonchev–Trinajstić information content (AvgIpc) is 3.16. The minimum absolute atomic E-state index is 0.0197. The molecule has 0 aliphatic rings. The van der Waals surface area contributed by atoms with E-state index in [4.69, 9.17) is 0 Å². The molecule has 0 spiro atoms. The number of carbonyl (C=O) groups excluding carboxylic acids is 1. The zero-order valence-electron chi connectivity index (χ0n) is 17.2. The van der Waals surface area contributed by atoms with Crippen molar-refractivity contribution in [2.45, 2.75) is 33.2 Å². The number of imidazole rings is 1. The normalized spacial score (nSPS) is 12.0. The van der Waals surface area contributed by atoms with E-state index in [9.17, 15) is 4.79 Å². The SMILES string of the molecule is CCc1nc2cc(N[C@@H](C)c3cccc(NC(=O)c4cncc(C)c4)c3)cnc2[nH]1. The van der Waals surface area contributed by atoms with E-state index in [0.29, 0.717) is 5.56 Å². The highest BCUT2D eigenvalue weighted by molar-refractivity contribution is 6.04. The van der Waals surface area contributed by atoms with E-state index in [1.54, 1.807) is 18.6 Å². The molecule has 0 aliphatic heterocycles. The number of aromatic amines is 1. The van der Waals surface area contributed by atoms with E-state index in [0.717, 1.165) is 45.9 Å². The maximum absolute atomic E-state index is 12.5. The summed E-state index contributed by atoms with van der Waals surface area (Å²) in [5, 5.41) is 6.40. The molecule has 4 rings (SSSR count). The molecule has 3 N–H and O–H groups in total. The zero-order chi connectivity index (χ0) is 21.1. The molecule has 30 heavy (non-hydrogen) atoms. The monoisotopic (exact) mass is 400 g/mol. The molecule has 152 valence electrons. The van der Waals surface area contributed by atoms with Gasteiger partial charge in [-0.1, -0.05) is 19.1 Å². The Morgan fingerprint density at radius 1 is 1.13 bits per heavy atom. The molecule has 0 bridgehead atoms. The predicted molar refractivity (Wildman–Crippen MR) is 119 cm³/mol. The Hall–Kier alpha value is -3.74. The molecule has 0 radical (unpaired) electrons. The molecule has 0 fully saturated rings. The minimum Gasteiger partial charge on any atom is -0.377 e. The van der Waals surface area contributed by atoms with Crippen LogP contribution in [0.15, 0.2) is 55.0 Å². The number of benzene rings is 1. The molecular weight excluding hydrogens is 376 g/mol. The van der Waals surface area contributed by atoms with Crippen LogP contribution in [-0.4, -0.2) is 25.8 Å². The topological polar surface area (TPSA) is 95.6 Å². The molecule has 0 unspecified atom stereocenters. The van der Waals surface area contributed by atoms with E-state index in [2.05, 4.69) is 44.4 Å². The summed E-state index contributed by atoms with van der Waals surface area (Å²) in [7, 11) is 0. The van der Waals surface area contributed by atoms with Crippen LogP contribution in [0, 0.1) is 6.92 Å². The van der Waals surface area contributed by atoms with Gasteiger partial charge < -0.3 is 15.6 Å². The fourth-order valence-corrected chi connectivity index (χ4v) is 3.29. The van der Waals surface area contributed by atoms with E-state index >= 15 is 0 Å². The van der Waals surface area contributed by atoms with Gasteiger partial charge >= 0.3 is 0 Å². The Kier molecular flexibility index (Phi) is 5.43. The molecule has 7 nitrogen and oxygen atoms in total. The lowest BCUT2D eigenvalue weighted by Gasteiger charge is -2.16. The molecule has 1 atom stereocenters. The second-order valence-electron chi connectivity index (χ2n) is 7.33. The molecule has 7 heteroatoms. The standard InChI is InChI=1S/C23H24N6O/c1-4-21-28-20-10-19(13-25-22(20)29-21)26-15(3)16-6-5-7-18(9-16)27-23(30)17-8-14(2)11-24-12-17/h5-13,15,26H,4H2,1-3H3,(H,27,30)(H,25,28,29)/t15-/m0/s1. The molecular formula is C23H24N6O. The van der Waals surface area contributed by atoms with Crippen molar-refractivity contribution in [3.8, 4) is 0 Å². The van der Waals surface area contributed by atoms with Crippen LogP contribution in [0.2, 0.25) is 0 Å². The maximum atomic E-state index is 12.5. The summed E-state index contributed by atoms with van der Waals surface area (Å²) in [6.07, 6.45) is 5.93. The predicted octanol–water partition coefficient (Wildman–Crippen LogP) is 4.65. The maximum Gasteiger partial charge on any atom is 0.257 e. The van der Waals surface area contributed by atoms with E-state index in [-0.39, 0.29) is 11.9 Å². The van der Waals surface area contributed by atoms with Gasteiger partial charge in [0, 0.05) is 30.5 Å². The number of fused-ring (bicyclic) bond motifs is 1. The third kappa shape index (κ3) is 4.30. The molecule has 0 saturated heterocycles. The number of amides is 1. The lowest BCUT2D eigenvalue weighted by atomic mass is 10.1. The smallest absolute Gasteiger partial charge is 0.257 e. The highest BCUT2D eigenvalue weighted by Crippen LogP contribution is 2.23. The number of aryl methyl sites for hydroxylation is 2. The van der Waals surface area contributed by atoms with Crippen LogP contribution >= 0.6 is 0 Å². The van der Waals surface area contributed by atoms with Crippen LogP contribution in [0.1, 0.15) is 47.2 Å². The second kappa shape index (κ2) is 8.32. The van der Waals surface area contributed by atoms with Crippen LogP contribution in [0.25, 0.3) is 11.2 Å². The molecule has 3 aromatic heterocycles. The summed E-state index contributed by atoms with van der Waals surface area (Å²) in [5.41, 5.74) is 5.80. The van der Waals surface area contributed by atoms with Crippen LogP contribution in [0.3, 0.4) is 0 Å². The van der Waals surface area contributed by atoms with Gasteiger partial charge in [0.1, 0.15) is 11.3 Å². The van der Waals surface area contributed by atoms with Gasteiger partial charge in [-0.2, -0.15) is 0 Å².